The number of anilines is 2. The quantitative estimate of drug-likeness (QED) is 0.683. The Labute approximate surface area is 202 Å². The number of amides is 1. The summed E-state index contributed by atoms with van der Waals surface area (Å²) in [5, 5.41) is 0. The molecule has 6 rings (SSSR count). The maximum atomic E-state index is 12.3. The average molecular weight is 458 g/mol. The molecule has 1 aliphatic carbocycles. The van der Waals surface area contributed by atoms with Gasteiger partial charge in [0.15, 0.2) is 0 Å². The summed E-state index contributed by atoms with van der Waals surface area (Å²) in [5.41, 5.74) is 5.08. The molecule has 178 valence electrons. The van der Waals surface area contributed by atoms with Crippen molar-refractivity contribution < 1.29 is 4.79 Å². The average Bonchev–Trinajstić information content (AvgIpc) is 3.53. The van der Waals surface area contributed by atoms with E-state index in [1.807, 2.05) is 17.3 Å². The van der Waals surface area contributed by atoms with Crippen molar-refractivity contribution in [3.05, 3.63) is 54.0 Å². The zero-order chi connectivity index (χ0) is 23.1. The molecule has 2 fully saturated rings. The van der Waals surface area contributed by atoms with Crippen LogP contribution < -0.4 is 9.80 Å². The summed E-state index contributed by atoms with van der Waals surface area (Å²) in [7, 11) is 0. The van der Waals surface area contributed by atoms with Crippen LogP contribution >= 0.6 is 0 Å². The van der Waals surface area contributed by atoms with Crippen molar-refractivity contribution in [2.45, 2.75) is 63.3 Å². The third-order valence-corrected chi connectivity index (χ3v) is 8.66. The van der Waals surface area contributed by atoms with Crippen LogP contribution in [-0.2, 0) is 10.2 Å². The summed E-state index contributed by atoms with van der Waals surface area (Å²) in [6.07, 6.45) is 14.3. The number of carbonyl (C=O) groups is 1. The minimum Gasteiger partial charge on any atom is -0.355 e. The van der Waals surface area contributed by atoms with Gasteiger partial charge in [-0.1, -0.05) is 24.3 Å². The van der Waals surface area contributed by atoms with Crippen LogP contribution in [0.1, 0.15) is 63.1 Å². The minimum absolute atomic E-state index is 0.129. The van der Waals surface area contributed by atoms with Crippen LogP contribution in [0.4, 0.5) is 11.5 Å². The molecule has 4 aliphatic rings. The van der Waals surface area contributed by atoms with E-state index in [2.05, 4.69) is 45.1 Å². The first kappa shape index (κ1) is 21.8. The smallest absolute Gasteiger partial charge is 0.223 e. The normalized spacial score (nSPS) is 22.8. The lowest BCUT2D eigenvalue weighted by Crippen LogP contribution is -2.52. The molecular formula is C28H35N5O. The van der Waals surface area contributed by atoms with Gasteiger partial charge in [-0.05, 0) is 75.2 Å². The molecule has 1 aromatic heterocycles. The van der Waals surface area contributed by atoms with Gasteiger partial charge in [-0.25, -0.2) is 4.98 Å². The van der Waals surface area contributed by atoms with Crippen molar-refractivity contribution in [1.82, 2.24) is 14.9 Å². The van der Waals surface area contributed by atoms with Gasteiger partial charge in [0.05, 0.1) is 18.1 Å². The summed E-state index contributed by atoms with van der Waals surface area (Å²) >= 11 is 0. The number of aromatic nitrogens is 2. The molecular weight excluding hydrogens is 422 g/mol. The zero-order valence-corrected chi connectivity index (χ0v) is 20.2. The third kappa shape index (κ3) is 3.82. The number of hydrogen-bond acceptors (Lipinski definition) is 5. The Balaban J connectivity index is 1.08. The van der Waals surface area contributed by atoms with Crippen molar-refractivity contribution in [3.63, 3.8) is 0 Å². The molecule has 6 heteroatoms. The van der Waals surface area contributed by atoms with Gasteiger partial charge in [-0.3, -0.25) is 9.78 Å². The Hall–Kier alpha value is -2.73. The second-order valence-corrected chi connectivity index (χ2v) is 10.5. The number of piperidine rings is 2. The van der Waals surface area contributed by atoms with E-state index in [-0.39, 0.29) is 11.3 Å². The zero-order valence-electron chi connectivity index (χ0n) is 20.2. The molecule has 0 radical (unpaired) electrons. The first-order valence-corrected chi connectivity index (χ1v) is 13.0. The predicted octanol–water partition coefficient (Wildman–Crippen LogP) is 4.41. The highest BCUT2D eigenvalue weighted by Crippen LogP contribution is 2.47. The number of nitrogens with zero attached hydrogens (tertiary/aromatic N) is 5. The van der Waals surface area contributed by atoms with Crippen molar-refractivity contribution in [1.29, 1.82) is 0 Å². The maximum Gasteiger partial charge on any atom is 0.223 e. The van der Waals surface area contributed by atoms with Crippen molar-refractivity contribution >= 4 is 23.0 Å². The van der Waals surface area contributed by atoms with E-state index in [4.69, 9.17) is 4.98 Å². The second-order valence-electron chi connectivity index (χ2n) is 10.5. The molecule has 1 spiro atoms. The Morgan fingerprint density at radius 2 is 1.85 bits per heavy atom. The van der Waals surface area contributed by atoms with E-state index in [9.17, 15) is 4.79 Å². The fourth-order valence-electron chi connectivity index (χ4n) is 6.68. The van der Waals surface area contributed by atoms with Crippen molar-refractivity contribution in [2.24, 2.45) is 0 Å². The molecule has 0 N–H and O–H groups in total. The highest BCUT2D eigenvalue weighted by molar-refractivity contribution is 5.94. The molecule has 1 aromatic carbocycles. The fraction of sp³-hybridized carbons (Fsp3) is 0.536. The second kappa shape index (κ2) is 8.81. The minimum atomic E-state index is 0.129. The predicted molar refractivity (Wildman–Crippen MR) is 136 cm³/mol. The van der Waals surface area contributed by atoms with Gasteiger partial charge in [0.25, 0.3) is 0 Å². The highest BCUT2D eigenvalue weighted by atomic mass is 16.2. The van der Waals surface area contributed by atoms with Crippen molar-refractivity contribution in [2.75, 3.05) is 42.5 Å². The number of hydrogen-bond donors (Lipinski definition) is 0. The number of fused-ring (bicyclic) bond motifs is 2. The number of rotatable bonds is 3. The Morgan fingerprint density at radius 1 is 1.06 bits per heavy atom. The summed E-state index contributed by atoms with van der Waals surface area (Å²) in [6, 6.07) is 9.20. The van der Waals surface area contributed by atoms with E-state index in [0.717, 1.165) is 69.2 Å². The fourth-order valence-corrected chi connectivity index (χ4v) is 6.68. The lowest BCUT2D eigenvalue weighted by Gasteiger charge is -2.45. The van der Waals surface area contributed by atoms with Crippen LogP contribution in [0.3, 0.4) is 0 Å². The lowest BCUT2D eigenvalue weighted by molar-refractivity contribution is -0.116. The van der Waals surface area contributed by atoms with Crippen LogP contribution in [0.25, 0.3) is 5.57 Å². The summed E-state index contributed by atoms with van der Waals surface area (Å²) in [6.45, 7) is 6.88. The van der Waals surface area contributed by atoms with Crippen molar-refractivity contribution in [3.8, 4) is 0 Å². The van der Waals surface area contributed by atoms with Gasteiger partial charge in [-0.15, -0.1) is 0 Å². The molecule has 2 saturated heterocycles. The van der Waals surface area contributed by atoms with E-state index in [1.165, 1.54) is 36.8 Å². The van der Waals surface area contributed by atoms with Gasteiger partial charge in [0.1, 0.15) is 5.82 Å². The monoisotopic (exact) mass is 457 g/mol. The van der Waals surface area contributed by atoms with E-state index < -0.39 is 0 Å². The number of benzene rings is 1. The van der Waals surface area contributed by atoms with Crippen LogP contribution in [-0.4, -0.2) is 59.5 Å². The lowest BCUT2D eigenvalue weighted by atomic mass is 9.74. The Kier molecular flexibility index (Phi) is 5.64. The molecule has 6 nitrogen and oxygen atoms in total. The van der Waals surface area contributed by atoms with Gasteiger partial charge >= 0.3 is 0 Å². The number of para-hydroxylation sites is 1. The molecule has 34 heavy (non-hydrogen) atoms. The van der Waals surface area contributed by atoms with Gasteiger partial charge < -0.3 is 14.7 Å². The van der Waals surface area contributed by atoms with E-state index >= 15 is 0 Å². The van der Waals surface area contributed by atoms with Crippen LogP contribution in [0, 0.1) is 0 Å². The topological polar surface area (TPSA) is 52.6 Å². The largest absolute Gasteiger partial charge is 0.355 e. The standard InChI is InChI=1S/C28H35N5O/c1-21(34)33-20-28(24-8-4-5-9-26(24)33)12-16-31(17-13-28)23-10-14-32(15-11-23)27-19-29-18-25(30-27)22-6-2-3-7-22/h4-6,8-9,18-19,23H,2-3,7,10-17,20H2,1H3. The molecule has 1 amide bonds. The van der Waals surface area contributed by atoms with E-state index in [1.54, 1.807) is 6.92 Å². The van der Waals surface area contributed by atoms with E-state index in [0.29, 0.717) is 6.04 Å². The molecule has 2 aromatic rings. The summed E-state index contributed by atoms with van der Waals surface area (Å²) < 4.78 is 0. The molecule has 4 heterocycles. The van der Waals surface area contributed by atoms with Crippen LogP contribution in [0.5, 0.6) is 0 Å². The maximum absolute atomic E-state index is 12.3. The number of likely N-dealkylation sites (tertiary alicyclic amines) is 1. The SMILES string of the molecule is CC(=O)N1CC2(CCN(C3CCN(c4cncc(C5=CCCC5)n4)CC3)CC2)c2ccccc21. The summed E-state index contributed by atoms with van der Waals surface area (Å²) in [5.74, 6) is 1.20. The highest BCUT2D eigenvalue weighted by Gasteiger charge is 2.46. The third-order valence-electron chi connectivity index (χ3n) is 8.66. The number of carbonyl (C=O) groups excluding carboxylic acids is 1. The first-order chi connectivity index (χ1) is 16.6. The summed E-state index contributed by atoms with van der Waals surface area (Å²) in [4.78, 5) is 28.9. The molecule has 0 unspecified atom stereocenters. The van der Waals surface area contributed by atoms with Gasteiger partial charge in [0.2, 0.25) is 5.91 Å². The Bertz CT molecular complexity index is 1100. The van der Waals surface area contributed by atoms with Crippen LogP contribution in [0.15, 0.2) is 42.7 Å². The molecule has 3 aliphatic heterocycles. The van der Waals surface area contributed by atoms with Gasteiger partial charge in [-0.2, -0.15) is 0 Å². The molecule has 0 atom stereocenters. The first-order valence-electron chi connectivity index (χ1n) is 13.0. The van der Waals surface area contributed by atoms with Crippen LogP contribution in [0.2, 0.25) is 0 Å². The van der Waals surface area contributed by atoms with Gasteiger partial charge in [0, 0.05) is 43.7 Å². The number of allylic oxidation sites excluding steroid dienone is 2. The Morgan fingerprint density at radius 3 is 2.59 bits per heavy atom. The molecule has 0 bridgehead atoms. The molecule has 0 saturated carbocycles.